The summed E-state index contributed by atoms with van der Waals surface area (Å²) in [5.41, 5.74) is 0. The van der Waals surface area contributed by atoms with Gasteiger partial charge in [0.05, 0.1) is 0 Å². The Morgan fingerprint density at radius 2 is 0.203 bits per heavy atom. The van der Waals surface area contributed by atoms with Gasteiger partial charge in [-0.1, -0.05) is 426 Å². The molecule has 0 unspecified atom stereocenters. The summed E-state index contributed by atoms with van der Waals surface area (Å²) in [6.07, 6.45) is 0. The molecule has 0 spiro atoms. The molecule has 0 saturated carbocycles. The van der Waals surface area contributed by atoms with Crippen molar-refractivity contribution in [1.29, 1.82) is 0 Å². The summed E-state index contributed by atoms with van der Waals surface area (Å²) in [4.78, 5) is 0. The number of benzene rings is 12. The predicted molar refractivity (Wildman–Crippen MR) is 348 cm³/mol. The molecule has 0 N–H and O–H groups in total. The van der Waals surface area contributed by atoms with Crippen molar-refractivity contribution < 1.29 is 0 Å². The molecule has 0 radical (unpaired) electrons. The topological polar surface area (TPSA) is 28.2 Å². The first-order valence-electron chi connectivity index (χ1n) is 26.8. The number of hydrogen-bond donors (Lipinski definition) is 0. The number of nitrogens with zero attached hydrogens (tertiary/aromatic N) is 2. The van der Waals surface area contributed by atoms with Crippen LogP contribution in [0.4, 0.5) is 0 Å². The molecule has 0 heterocycles. The Bertz CT molecular complexity index is 2810. The molecule has 0 aliphatic heterocycles. The van der Waals surface area contributed by atoms with Gasteiger partial charge in [0.2, 0.25) is 0 Å². The van der Waals surface area contributed by atoms with E-state index in [2.05, 4.69) is 364 Å². The van der Waals surface area contributed by atoms with E-state index in [4.69, 9.17) is 9.30 Å². The first-order valence-corrected chi connectivity index (χ1v) is 34.6. The van der Waals surface area contributed by atoms with Gasteiger partial charge >= 0.3 is 23.1 Å². The van der Waals surface area contributed by atoms with E-state index in [1.165, 1.54) is 62.2 Å². The summed E-state index contributed by atoms with van der Waals surface area (Å²) in [7, 11) is -11.7. The minimum absolute atomic E-state index is 0. The molecule has 0 fully saturated rings. The maximum atomic E-state index is 6.44. The maximum absolute atomic E-state index is 6.44. The van der Waals surface area contributed by atoms with Crippen LogP contribution in [-0.4, -0.2) is 56.0 Å². The summed E-state index contributed by atoms with van der Waals surface area (Å²) >= 11 is 0. The molecule has 12 rings (SSSR count). The second-order valence-electron chi connectivity index (χ2n) is 19.5. The van der Waals surface area contributed by atoms with Crippen molar-refractivity contribution in [2.75, 3.05) is 0 Å². The van der Waals surface area contributed by atoms with Gasteiger partial charge in [-0.15, -0.1) is 0 Å². The average molecular weight is 1090 g/mol. The van der Waals surface area contributed by atoms with Gasteiger partial charge in [0.25, 0.3) is 0 Å². The van der Waals surface area contributed by atoms with E-state index in [0.29, 0.717) is 0 Å². The number of rotatable bonds is 16. The van der Waals surface area contributed by atoms with Crippen molar-refractivity contribution in [3.8, 4) is 0 Å². The molecule has 7 heteroatoms. The van der Waals surface area contributed by atoms with Crippen molar-refractivity contribution in [3.63, 3.8) is 0 Å². The number of hydrogen-bond acceptors (Lipinski definition) is 0. The van der Waals surface area contributed by atoms with Crippen molar-refractivity contribution >= 4 is 118 Å². The Kier molecular flexibility index (Phi) is 17.8. The smallest absolute Gasteiger partial charge is 0.644 e. The van der Waals surface area contributed by atoms with E-state index in [-0.39, 0.29) is 23.1 Å². The van der Waals surface area contributed by atoms with Crippen molar-refractivity contribution in [2.24, 2.45) is 0 Å². The van der Waals surface area contributed by atoms with Crippen LogP contribution in [0.25, 0.3) is 9.30 Å². The van der Waals surface area contributed by atoms with E-state index >= 15 is 0 Å². The third-order valence-corrected chi connectivity index (χ3v) is 34.4. The van der Waals surface area contributed by atoms with Gasteiger partial charge in [0.15, 0.2) is 0 Å². The molecular weight excluding hydrogens is 1030 g/mol. The Morgan fingerprint density at radius 3 is 0.278 bits per heavy atom. The van der Waals surface area contributed by atoms with Crippen LogP contribution in [0.2, 0.25) is 0 Å². The van der Waals surface area contributed by atoms with Crippen molar-refractivity contribution in [2.45, 2.75) is 0 Å². The molecular formula is C72H60MgN2Si4. The van der Waals surface area contributed by atoms with E-state index in [1.807, 2.05) is 0 Å². The van der Waals surface area contributed by atoms with Crippen LogP contribution < -0.4 is 62.2 Å². The quantitative estimate of drug-likeness (QED) is 0.0684. The molecule has 0 saturated heterocycles. The van der Waals surface area contributed by atoms with Gasteiger partial charge in [-0.25, -0.2) is 0 Å². The molecule has 0 bridgehead atoms. The zero-order valence-electron chi connectivity index (χ0n) is 44.2. The Hall–Kier alpha value is -7.81. The Balaban J connectivity index is 0.000000176. The summed E-state index contributed by atoms with van der Waals surface area (Å²) in [5, 5.41) is 15.5. The first kappa shape index (κ1) is 54.5. The van der Waals surface area contributed by atoms with Crippen LogP contribution in [0.3, 0.4) is 0 Å². The van der Waals surface area contributed by atoms with Crippen LogP contribution in [0.5, 0.6) is 0 Å². The minimum Gasteiger partial charge on any atom is -0.644 e. The van der Waals surface area contributed by atoms with Crippen LogP contribution in [0.15, 0.2) is 364 Å². The van der Waals surface area contributed by atoms with E-state index < -0.39 is 32.9 Å². The fraction of sp³-hybridized carbons (Fsp3) is 0. The second kappa shape index (κ2) is 25.8. The molecule has 0 aromatic heterocycles. The molecule has 0 atom stereocenters. The van der Waals surface area contributed by atoms with Crippen molar-refractivity contribution in [3.05, 3.63) is 373 Å². The summed E-state index contributed by atoms with van der Waals surface area (Å²) in [6.45, 7) is 0. The first-order chi connectivity index (χ1) is 38.7. The van der Waals surface area contributed by atoms with Gasteiger partial charge in [-0.2, -0.15) is 0 Å². The molecule has 0 aliphatic carbocycles. The zero-order valence-corrected chi connectivity index (χ0v) is 49.7. The second-order valence-corrected chi connectivity index (χ2v) is 33.9. The van der Waals surface area contributed by atoms with Crippen LogP contribution in [-0.2, 0) is 0 Å². The molecule has 0 aliphatic rings. The van der Waals surface area contributed by atoms with E-state index in [9.17, 15) is 0 Å². The van der Waals surface area contributed by atoms with Gasteiger partial charge < -0.3 is 9.30 Å². The summed E-state index contributed by atoms with van der Waals surface area (Å²) in [6, 6.07) is 132. The Morgan fingerprint density at radius 1 is 0.127 bits per heavy atom. The molecule has 12 aromatic rings. The zero-order chi connectivity index (χ0) is 52.8. The summed E-state index contributed by atoms with van der Waals surface area (Å²) < 4.78 is 12.9. The third-order valence-electron chi connectivity index (χ3n) is 15.0. The third kappa shape index (κ3) is 11.0. The minimum atomic E-state index is -2.92. The predicted octanol–water partition coefficient (Wildman–Crippen LogP) is 9.01. The fourth-order valence-electron chi connectivity index (χ4n) is 11.4. The molecule has 376 valence electrons. The molecule has 2 nitrogen and oxygen atoms in total. The van der Waals surface area contributed by atoms with Crippen LogP contribution in [0, 0.1) is 0 Å². The normalized spacial score (nSPS) is 11.5. The monoisotopic (exact) mass is 1090 g/mol. The molecule has 79 heavy (non-hydrogen) atoms. The summed E-state index contributed by atoms with van der Waals surface area (Å²) in [5.74, 6) is 0. The van der Waals surface area contributed by atoms with Crippen LogP contribution >= 0.6 is 0 Å². The van der Waals surface area contributed by atoms with E-state index in [0.717, 1.165) is 0 Å². The Labute approximate surface area is 487 Å². The van der Waals surface area contributed by atoms with Gasteiger partial charge in [-0.05, 0) is 0 Å². The SMILES string of the molecule is [Mg+2].c1ccc([Si]([N-][Si](c2ccccc2)(c2ccccc2)c2ccccc2)(c2ccccc2)c2ccccc2)cc1.c1ccc([Si]([N-][Si](c2ccccc2)(c2ccccc2)c2ccccc2)(c2ccccc2)c2ccccc2)cc1. The largest absolute Gasteiger partial charge is 2.00 e. The van der Waals surface area contributed by atoms with Crippen molar-refractivity contribution in [1.82, 2.24) is 0 Å². The van der Waals surface area contributed by atoms with Gasteiger partial charge in [-0.3, -0.25) is 0 Å². The average Bonchev–Trinajstić information content (AvgIpc) is 3.56. The maximum Gasteiger partial charge on any atom is 2.00 e. The standard InChI is InChI=1S/2C36H30NSi2.Mg/c2*1-7-19-31(20-8-1)38(32-21-9-2-10-22-32,33-23-11-3-12-24-33)37-39(34-25-13-4-14-26-34,35-27-15-5-16-28-35)36-29-17-6-18-30-36;/h2*1-30H;/q2*-1;+2. The molecule has 12 aromatic carbocycles. The fourth-order valence-corrected chi connectivity index (χ4v) is 33.7. The van der Waals surface area contributed by atoms with Gasteiger partial charge in [0.1, 0.15) is 0 Å². The molecule has 0 amide bonds. The van der Waals surface area contributed by atoms with Gasteiger partial charge in [0, 0.05) is 32.9 Å². The van der Waals surface area contributed by atoms with Crippen LogP contribution in [0.1, 0.15) is 0 Å². The van der Waals surface area contributed by atoms with E-state index in [1.54, 1.807) is 0 Å².